The van der Waals surface area contributed by atoms with E-state index in [0.717, 1.165) is 12.0 Å². The van der Waals surface area contributed by atoms with E-state index in [0.29, 0.717) is 12.5 Å². The predicted octanol–water partition coefficient (Wildman–Crippen LogP) is 3.46. The SMILES string of the molecule is CC(C)Cc1cccc(C(=O)CNC(C)(C)C)c1. The van der Waals surface area contributed by atoms with Crippen molar-refractivity contribution in [3.63, 3.8) is 0 Å². The van der Waals surface area contributed by atoms with Gasteiger partial charge in [-0.25, -0.2) is 0 Å². The largest absolute Gasteiger partial charge is 0.305 e. The normalized spacial score (nSPS) is 11.9. The van der Waals surface area contributed by atoms with Gasteiger partial charge in [0.15, 0.2) is 5.78 Å². The molecule has 100 valence electrons. The van der Waals surface area contributed by atoms with E-state index in [1.807, 2.05) is 18.2 Å². The highest BCUT2D eigenvalue weighted by Gasteiger charge is 2.13. The fourth-order valence-corrected chi connectivity index (χ4v) is 1.79. The molecular formula is C16H25NO. The fraction of sp³-hybridized carbons (Fsp3) is 0.562. The number of hydrogen-bond donors (Lipinski definition) is 1. The maximum atomic E-state index is 12.1. The summed E-state index contributed by atoms with van der Waals surface area (Å²) in [7, 11) is 0. The van der Waals surface area contributed by atoms with Crippen molar-refractivity contribution in [3.05, 3.63) is 35.4 Å². The second kappa shape index (κ2) is 6.14. The number of benzene rings is 1. The van der Waals surface area contributed by atoms with Crippen molar-refractivity contribution in [1.29, 1.82) is 0 Å². The molecule has 0 aliphatic rings. The molecule has 0 spiro atoms. The molecule has 2 nitrogen and oxygen atoms in total. The molecule has 0 saturated carbocycles. The molecule has 0 aromatic heterocycles. The van der Waals surface area contributed by atoms with E-state index in [1.165, 1.54) is 5.56 Å². The van der Waals surface area contributed by atoms with Crippen LogP contribution in [0.2, 0.25) is 0 Å². The van der Waals surface area contributed by atoms with Gasteiger partial charge in [0.2, 0.25) is 0 Å². The van der Waals surface area contributed by atoms with Crippen molar-refractivity contribution in [3.8, 4) is 0 Å². The molecule has 2 heteroatoms. The van der Waals surface area contributed by atoms with Crippen LogP contribution >= 0.6 is 0 Å². The number of ketones is 1. The zero-order valence-electron chi connectivity index (χ0n) is 12.2. The molecule has 0 amide bonds. The Morgan fingerprint density at radius 2 is 1.94 bits per heavy atom. The van der Waals surface area contributed by atoms with Gasteiger partial charge in [-0.15, -0.1) is 0 Å². The van der Waals surface area contributed by atoms with Crippen LogP contribution in [0.1, 0.15) is 50.5 Å². The Balaban J connectivity index is 2.68. The van der Waals surface area contributed by atoms with Crippen molar-refractivity contribution in [2.24, 2.45) is 5.92 Å². The van der Waals surface area contributed by atoms with Crippen LogP contribution in [0.4, 0.5) is 0 Å². The van der Waals surface area contributed by atoms with Gasteiger partial charge in [0.1, 0.15) is 0 Å². The first-order chi connectivity index (χ1) is 8.28. The third kappa shape index (κ3) is 5.46. The van der Waals surface area contributed by atoms with Crippen molar-refractivity contribution in [2.45, 2.75) is 46.6 Å². The first kappa shape index (κ1) is 14.9. The van der Waals surface area contributed by atoms with E-state index in [1.54, 1.807) is 0 Å². The summed E-state index contributed by atoms with van der Waals surface area (Å²) in [6.07, 6.45) is 1.02. The third-order valence-corrected chi connectivity index (χ3v) is 2.67. The van der Waals surface area contributed by atoms with E-state index >= 15 is 0 Å². The molecule has 0 unspecified atom stereocenters. The zero-order chi connectivity index (χ0) is 13.8. The van der Waals surface area contributed by atoms with Gasteiger partial charge < -0.3 is 5.32 Å². The van der Waals surface area contributed by atoms with E-state index < -0.39 is 0 Å². The summed E-state index contributed by atoms with van der Waals surface area (Å²) in [6.45, 7) is 11.0. The van der Waals surface area contributed by atoms with Crippen LogP contribution in [0.5, 0.6) is 0 Å². The Labute approximate surface area is 111 Å². The lowest BCUT2D eigenvalue weighted by atomic mass is 9.99. The van der Waals surface area contributed by atoms with E-state index in [2.05, 4.69) is 46.0 Å². The average Bonchev–Trinajstić information content (AvgIpc) is 2.24. The minimum Gasteiger partial charge on any atom is -0.305 e. The molecule has 0 aliphatic heterocycles. The Bertz CT molecular complexity index is 402. The van der Waals surface area contributed by atoms with Crippen LogP contribution in [0.15, 0.2) is 24.3 Å². The van der Waals surface area contributed by atoms with E-state index in [-0.39, 0.29) is 11.3 Å². The van der Waals surface area contributed by atoms with Crippen LogP contribution in [0.3, 0.4) is 0 Å². The second-order valence-electron chi connectivity index (χ2n) is 6.33. The molecule has 1 aromatic rings. The van der Waals surface area contributed by atoms with Gasteiger partial charge in [-0.05, 0) is 44.7 Å². The van der Waals surface area contributed by atoms with Crippen LogP contribution in [-0.4, -0.2) is 17.9 Å². The van der Waals surface area contributed by atoms with Gasteiger partial charge in [0.25, 0.3) is 0 Å². The highest BCUT2D eigenvalue weighted by Crippen LogP contribution is 2.11. The summed E-state index contributed by atoms with van der Waals surface area (Å²) in [5.74, 6) is 0.776. The lowest BCUT2D eigenvalue weighted by Gasteiger charge is -2.19. The summed E-state index contributed by atoms with van der Waals surface area (Å²) in [5, 5.41) is 3.23. The molecule has 0 heterocycles. The topological polar surface area (TPSA) is 29.1 Å². The first-order valence-electron chi connectivity index (χ1n) is 6.65. The Morgan fingerprint density at radius 1 is 1.28 bits per heavy atom. The lowest BCUT2D eigenvalue weighted by Crippen LogP contribution is -2.39. The molecule has 0 atom stereocenters. The lowest BCUT2D eigenvalue weighted by molar-refractivity contribution is 0.0982. The monoisotopic (exact) mass is 247 g/mol. The van der Waals surface area contributed by atoms with E-state index in [4.69, 9.17) is 0 Å². The number of rotatable bonds is 5. The second-order valence-corrected chi connectivity index (χ2v) is 6.33. The van der Waals surface area contributed by atoms with Crippen molar-refractivity contribution in [2.75, 3.05) is 6.54 Å². The summed E-state index contributed by atoms with van der Waals surface area (Å²) >= 11 is 0. The zero-order valence-corrected chi connectivity index (χ0v) is 12.2. The number of hydrogen-bond acceptors (Lipinski definition) is 2. The highest BCUT2D eigenvalue weighted by molar-refractivity contribution is 5.97. The minimum atomic E-state index is -0.0226. The molecule has 0 radical (unpaired) electrons. The molecule has 0 saturated heterocycles. The van der Waals surface area contributed by atoms with Gasteiger partial charge in [0, 0.05) is 11.1 Å². The molecule has 0 fully saturated rings. The maximum Gasteiger partial charge on any atom is 0.176 e. The molecule has 1 rings (SSSR count). The first-order valence-corrected chi connectivity index (χ1v) is 6.65. The standard InChI is InChI=1S/C16H25NO/c1-12(2)9-13-7-6-8-14(10-13)15(18)11-17-16(3,4)5/h6-8,10,12,17H,9,11H2,1-5H3. The Morgan fingerprint density at radius 3 is 2.50 bits per heavy atom. The number of carbonyl (C=O) groups is 1. The summed E-state index contributed by atoms with van der Waals surface area (Å²) in [4.78, 5) is 12.1. The van der Waals surface area contributed by atoms with E-state index in [9.17, 15) is 4.79 Å². The molecule has 18 heavy (non-hydrogen) atoms. The molecule has 0 bridgehead atoms. The summed E-state index contributed by atoms with van der Waals surface area (Å²) in [6, 6.07) is 7.99. The molecule has 1 N–H and O–H groups in total. The predicted molar refractivity (Wildman–Crippen MR) is 77.1 cm³/mol. The van der Waals surface area contributed by atoms with Crippen LogP contribution in [0, 0.1) is 5.92 Å². The molecule has 1 aromatic carbocycles. The Kier molecular flexibility index (Phi) is 5.09. The molecule has 0 aliphatic carbocycles. The quantitative estimate of drug-likeness (QED) is 0.807. The van der Waals surface area contributed by atoms with Crippen LogP contribution in [-0.2, 0) is 6.42 Å². The Hall–Kier alpha value is -1.15. The number of carbonyl (C=O) groups excluding carboxylic acids is 1. The molecular weight excluding hydrogens is 222 g/mol. The van der Waals surface area contributed by atoms with Crippen molar-refractivity contribution >= 4 is 5.78 Å². The van der Waals surface area contributed by atoms with Crippen LogP contribution < -0.4 is 5.32 Å². The third-order valence-electron chi connectivity index (χ3n) is 2.67. The highest BCUT2D eigenvalue weighted by atomic mass is 16.1. The number of nitrogens with one attached hydrogen (secondary N) is 1. The number of Topliss-reactive ketones (excluding diaryl/α,β-unsaturated/α-hetero) is 1. The van der Waals surface area contributed by atoms with Crippen molar-refractivity contribution < 1.29 is 4.79 Å². The summed E-state index contributed by atoms with van der Waals surface area (Å²) in [5.41, 5.74) is 2.03. The maximum absolute atomic E-state index is 12.1. The minimum absolute atomic E-state index is 0.0226. The van der Waals surface area contributed by atoms with Gasteiger partial charge in [-0.2, -0.15) is 0 Å². The van der Waals surface area contributed by atoms with Crippen molar-refractivity contribution in [1.82, 2.24) is 5.32 Å². The summed E-state index contributed by atoms with van der Waals surface area (Å²) < 4.78 is 0. The van der Waals surface area contributed by atoms with Crippen LogP contribution in [0.25, 0.3) is 0 Å². The fourth-order valence-electron chi connectivity index (χ4n) is 1.79. The van der Waals surface area contributed by atoms with Gasteiger partial charge >= 0.3 is 0 Å². The van der Waals surface area contributed by atoms with Gasteiger partial charge in [-0.3, -0.25) is 4.79 Å². The van der Waals surface area contributed by atoms with Gasteiger partial charge in [0.05, 0.1) is 6.54 Å². The van der Waals surface area contributed by atoms with Gasteiger partial charge in [-0.1, -0.05) is 32.0 Å². The smallest absolute Gasteiger partial charge is 0.176 e. The average molecular weight is 247 g/mol.